The Balaban J connectivity index is 1.58. The molecule has 2 heterocycles. The highest BCUT2D eigenvalue weighted by molar-refractivity contribution is 5.95. The average Bonchev–Trinajstić information content (AvgIpc) is 3.13. The molecular formula is C18H23F3N4O3. The Morgan fingerprint density at radius 1 is 1.29 bits per heavy atom. The summed E-state index contributed by atoms with van der Waals surface area (Å²) in [5.41, 5.74) is 0.511. The number of hydrogen-bond acceptors (Lipinski definition) is 3. The van der Waals surface area contributed by atoms with Gasteiger partial charge in [0.2, 0.25) is 0 Å². The van der Waals surface area contributed by atoms with Crippen molar-refractivity contribution in [3.63, 3.8) is 0 Å². The standard InChI is InChI=1S/C18H23F3N4O3/c1-3-8-23(2)16(26)22-12-9-14-11-25(17(27)24(14)10-12)13-4-6-15(7-5-13)28-18(19,20)21/h4-7,12,14H,3,8-11H2,1-2H3,(H,22,26)/t12-,14+/m1/s1. The summed E-state index contributed by atoms with van der Waals surface area (Å²) in [4.78, 5) is 29.6. The Bertz CT molecular complexity index is 726. The Kier molecular flexibility index (Phi) is 5.57. The van der Waals surface area contributed by atoms with Crippen LogP contribution in [0.1, 0.15) is 19.8 Å². The molecule has 4 amide bonds. The van der Waals surface area contributed by atoms with Crippen molar-refractivity contribution in [2.24, 2.45) is 0 Å². The molecule has 7 nitrogen and oxygen atoms in total. The molecule has 2 aliphatic rings. The van der Waals surface area contributed by atoms with Gasteiger partial charge in [-0.25, -0.2) is 9.59 Å². The van der Waals surface area contributed by atoms with Gasteiger partial charge in [-0.1, -0.05) is 6.92 Å². The van der Waals surface area contributed by atoms with Crippen LogP contribution in [0.3, 0.4) is 0 Å². The van der Waals surface area contributed by atoms with Gasteiger partial charge < -0.3 is 19.9 Å². The van der Waals surface area contributed by atoms with E-state index in [0.29, 0.717) is 31.7 Å². The number of hydrogen-bond donors (Lipinski definition) is 1. The van der Waals surface area contributed by atoms with Crippen LogP contribution in [0.15, 0.2) is 24.3 Å². The first kappa shape index (κ1) is 20.1. The molecule has 0 aliphatic carbocycles. The fraction of sp³-hybridized carbons (Fsp3) is 0.556. The molecule has 10 heteroatoms. The molecule has 0 bridgehead atoms. The van der Waals surface area contributed by atoms with Crippen LogP contribution in [0, 0.1) is 0 Å². The van der Waals surface area contributed by atoms with E-state index in [0.717, 1.165) is 6.42 Å². The number of amides is 4. The molecule has 2 saturated heterocycles. The highest BCUT2D eigenvalue weighted by atomic mass is 19.4. The van der Waals surface area contributed by atoms with E-state index in [4.69, 9.17) is 0 Å². The lowest BCUT2D eigenvalue weighted by atomic mass is 10.1. The molecule has 0 unspecified atom stereocenters. The van der Waals surface area contributed by atoms with Crippen molar-refractivity contribution in [3.05, 3.63) is 24.3 Å². The highest BCUT2D eigenvalue weighted by Crippen LogP contribution is 2.32. The maximum Gasteiger partial charge on any atom is 0.573 e. The zero-order chi connectivity index (χ0) is 20.5. The minimum atomic E-state index is -4.75. The summed E-state index contributed by atoms with van der Waals surface area (Å²) in [7, 11) is 1.73. The van der Waals surface area contributed by atoms with Gasteiger partial charge >= 0.3 is 18.4 Å². The predicted octanol–water partition coefficient (Wildman–Crippen LogP) is 3.02. The summed E-state index contributed by atoms with van der Waals surface area (Å²) in [6, 6.07) is 4.72. The fourth-order valence-electron chi connectivity index (χ4n) is 3.64. The molecule has 28 heavy (non-hydrogen) atoms. The molecule has 3 rings (SSSR count). The Labute approximate surface area is 161 Å². The smallest absolute Gasteiger partial charge is 0.406 e. The van der Waals surface area contributed by atoms with Crippen molar-refractivity contribution < 1.29 is 27.5 Å². The number of benzene rings is 1. The number of nitrogens with zero attached hydrogens (tertiary/aromatic N) is 3. The highest BCUT2D eigenvalue weighted by Gasteiger charge is 2.45. The Morgan fingerprint density at radius 3 is 2.54 bits per heavy atom. The van der Waals surface area contributed by atoms with Gasteiger partial charge in [-0.15, -0.1) is 13.2 Å². The monoisotopic (exact) mass is 400 g/mol. The van der Waals surface area contributed by atoms with E-state index >= 15 is 0 Å². The van der Waals surface area contributed by atoms with Crippen LogP contribution in [0.2, 0.25) is 0 Å². The average molecular weight is 400 g/mol. The quantitative estimate of drug-likeness (QED) is 0.826. The van der Waals surface area contributed by atoms with Crippen molar-refractivity contribution in [1.82, 2.24) is 15.1 Å². The van der Waals surface area contributed by atoms with E-state index in [1.807, 2.05) is 6.92 Å². The molecule has 2 fully saturated rings. The van der Waals surface area contributed by atoms with Crippen LogP contribution < -0.4 is 15.0 Å². The fourth-order valence-corrected chi connectivity index (χ4v) is 3.64. The molecule has 0 saturated carbocycles. The van der Waals surface area contributed by atoms with Crippen molar-refractivity contribution >= 4 is 17.7 Å². The summed E-state index contributed by atoms with van der Waals surface area (Å²) in [6.45, 7) is 3.49. The van der Waals surface area contributed by atoms with Crippen LogP contribution in [0.5, 0.6) is 5.75 Å². The second-order valence-corrected chi connectivity index (χ2v) is 7.04. The van der Waals surface area contributed by atoms with Gasteiger partial charge in [-0.3, -0.25) is 4.90 Å². The number of anilines is 1. The molecule has 0 aromatic heterocycles. The number of nitrogens with one attached hydrogen (secondary N) is 1. The Hall–Kier alpha value is -2.65. The molecule has 154 valence electrons. The van der Waals surface area contributed by atoms with Gasteiger partial charge in [0.1, 0.15) is 5.75 Å². The van der Waals surface area contributed by atoms with Crippen molar-refractivity contribution in [2.45, 2.75) is 38.2 Å². The molecule has 1 aromatic rings. The molecule has 2 atom stereocenters. The van der Waals surface area contributed by atoms with E-state index in [9.17, 15) is 22.8 Å². The van der Waals surface area contributed by atoms with Crippen molar-refractivity contribution in [2.75, 3.05) is 31.6 Å². The van der Waals surface area contributed by atoms with Crippen LogP contribution in [-0.2, 0) is 0 Å². The SMILES string of the molecule is CCCN(C)C(=O)N[C@@H]1C[C@H]2CN(c3ccc(OC(F)(F)F)cc3)C(=O)N2C1. The minimum absolute atomic E-state index is 0.0413. The zero-order valence-corrected chi connectivity index (χ0v) is 15.7. The number of halogens is 3. The number of rotatable bonds is 5. The van der Waals surface area contributed by atoms with Gasteiger partial charge in [0.05, 0.1) is 12.1 Å². The van der Waals surface area contributed by atoms with Gasteiger partial charge in [0.25, 0.3) is 0 Å². The lowest BCUT2D eigenvalue weighted by Gasteiger charge is -2.22. The topological polar surface area (TPSA) is 65.1 Å². The second-order valence-electron chi connectivity index (χ2n) is 7.04. The first-order chi connectivity index (χ1) is 13.2. The van der Waals surface area contributed by atoms with E-state index < -0.39 is 6.36 Å². The van der Waals surface area contributed by atoms with Crippen LogP contribution >= 0.6 is 0 Å². The molecule has 2 aliphatic heterocycles. The predicted molar refractivity (Wildman–Crippen MR) is 96.2 cm³/mol. The molecule has 1 aromatic carbocycles. The third-order valence-electron chi connectivity index (χ3n) is 4.90. The van der Waals surface area contributed by atoms with Crippen LogP contribution in [0.25, 0.3) is 0 Å². The summed E-state index contributed by atoms with van der Waals surface area (Å²) >= 11 is 0. The normalized spacial score (nSPS) is 21.7. The third kappa shape index (κ3) is 4.42. The van der Waals surface area contributed by atoms with E-state index in [1.54, 1.807) is 16.8 Å². The number of alkyl halides is 3. The van der Waals surface area contributed by atoms with Gasteiger partial charge in [0.15, 0.2) is 0 Å². The van der Waals surface area contributed by atoms with Crippen molar-refractivity contribution in [3.8, 4) is 5.75 Å². The number of carbonyl (C=O) groups excluding carboxylic acids is 2. The number of fused-ring (bicyclic) bond motifs is 1. The summed E-state index contributed by atoms with van der Waals surface area (Å²) in [6.07, 6.45) is -3.24. The van der Waals surface area contributed by atoms with Crippen LogP contribution in [-0.4, -0.2) is 67.0 Å². The lowest BCUT2D eigenvalue weighted by Crippen LogP contribution is -2.45. The summed E-state index contributed by atoms with van der Waals surface area (Å²) < 4.78 is 40.6. The zero-order valence-electron chi connectivity index (χ0n) is 15.7. The van der Waals surface area contributed by atoms with Gasteiger partial charge in [-0.2, -0.15) is 0 Å². The van der Waals surface area contributed by atoms with Gasteiger partial charge in [-0.05, 0) is 37.1 Å². The molecular weight excluding hydrogens is 377 g/mol. The van der Waals surface area contributed by atoms with Crippen LogP contribution in [0.4, 0.5) is 28.4 Å². The number of ether oxygens (including phenoxy) is 1. The van der Waals surface area contributed by atoms with Crippen molar-refractivity contribution in [1.29, 1.82) is 0 Å². The summed E-state index contributed by atoms with van der Waals surface area (Å²) in [5, 5.41) is 2.95. The van der Waals surface area contributed by atoms with Gasteiger partial charge in [0, 0.05) is 32.4 Å². The number of urea groups is 2. The van der Waals surface area contributed by atoms with E-state index in [1.165, 1.54) is 29.2 Å². The molecule has 0 radical (unpaired) electrons. The first-order valence-electron chi connectivity index (χ1n) is 9.13. The summed E-state index contributed by atoms with van der Waals surface area (Å²) in [5.74, 6) is -0.331. The largest absolute Gasteiger partial charge is 0.573 e. The Morgan fingerprint density at radius 2 is 1.96 bits per heavy atom. The molecule has 1 N–H and O–H groups in total. The lowest BCUT2D eigenvalue weighted by molar-refractivity contribution is -0.274. The first-order valence-corrected chi connectivity index (χ1v) is 9.13. The third-order valence-corrected chi connectivity index (χ3v) is 4.90. The minimum Gasteiger partial charge on any atom is -0.406 e. The van der Waals surface area contributed by atoms with E-state index in [-0.39, 0.29) is 29.9 Å². The number of carbonyl (C=O) groups is 2. The second kappa shape index (κ2) is 7.76. The molecule has 0 spiro atoms. The van der Waals surface area contributed by atoms with E-state index in [2.05, 4.69) is 10.1 Å². The maximum absolute atomic E-state index is 12.7. The maximum atomic E-state index is 12.7.